The van der Waals surface area contributed by atoms with Crippen LogP contribution in [0, 0.1) is 16.0 Å². The van der Waals surface area contributed by atoms with Crippen LogP contribution in [0.15, 0.2) is 22.7 Å². The largest absolute Gasteiger partial charge is 0.384 e. The van der Waals surface area contributed by atoms with Crippen molar-refractivity contribution in [1.29, 1.82) is 0 Å². The van der Waals surface area contributed by atoms with E-state index in [9.17, 15) is 10.1 Å². The number of halogens is 1. The molecule has 0 aliphatic carbocycles. The number of nitrogens with one attached hydrogen (secondary N) is 1. The first-order chi connectivity index (χ1) is 8.54. The Balaban J connectivity index is 2.59. The first-order valence-electron chi connectivity index (χ1n) is 5.67. The van der Waals surface area contributed by atoms with Gasteiger partial charge in [0.15, 0.2) is 0 Å². The quantitative estimate of drug-likeness (QED) is 0.620. The summed E-state index contributed by atoms with van der Waals surface area (Å²) in [7, 11) is 1.66. The predicted molar refractivity (Wildman–Crippen MR) is 73.5 cm³/mol. The van der Waals surface area contributed by atoms with Gasteiger partial charge in [-0.1, -0.05) is 22.9 Å². The zero-order valence-electron chi connectivity index (χ0n) is 10.5. The zero-order valence-corrected chi connectivity index (χ0v) is 12.1. The second-order valence-electron chi connectivity index (χ2n) is 4.22. The minimum absolute atomic E-state index is 0.135. The number of benzene rings is 1. The SMILES string of the molecule is COCC(C)CNCc1ccc(Br)cc1[N+](=O)[O-]. The van der Waals surface area contributed by atoms with Gasteiger partial charge < -0.3 is 10.1 Å². The molecule has 6 heteroatoms. The zero-order chi connectivity index (χ0) is 13.5. The van der Waals surface area contributed by atoms with E-state index in [1.807, 2.05) is 6.07 Å². The van der Waals surface area contributed by atoms with Gasteiger partial charge in [0.05, 0.1) is 4.92 Å². The molecule has 1 rings (SSSR count). The van der Waals surface area contributed by atoms with E-state index >= 15 is 0 Å². The van der Waals surface area contributed by atoms with Crippen molar-refractivity contribution in [3.63, 3.8) is 0 Å². The first kappa shape index (κ1) is 15.1. The van der Waals surface area contributed by atoms with Gasteiger partial charge >= 0.3 is 0 Å². The fourth-order valence-corrected chi connectivity index (χ4v) is 2.00. The van der Waals surface area contributed by atoms with Crippen molar-refractivity contribution in [1.82, 2.24) is 5.32 Å². The van der Waals surface area contributed by atoms with E-state index < -0.39 is 0 Å². The molecular weight excluding hydrogens is 300 g/mol. The fourth-order valence-electron chi connectivity index (χ4n) is 1.65. The lowest BCUT2D eigenvalue weighted by molar-refractivity contribution is -0.385. The van der Waals surface area contributed by atoms with Crippen LogP contribution in [0.5, 0.6) is 0 Å². The van der Waals surface area contributed by atoms with Crippen molar-refractivity contribution in [2.45, 2.75) is 13.5 Å². The van der Waals surface area contributed by atoms with Gasteiger partial charge in [-0.15, -0.1) is 0 Å². The van der Waals surface area contributed by atoms with Gasteiger partial charge in [-0.3, -0.25) is 10.1 Å². The van der Waals surface area contributed by atoms with E-state index in [1.54, 1.807) is 13.2 Å². The average molecular weight is 317 g/mol. The number of nitrogens with zero attached hydrogens (tertiary/aromatic N) is 1. The van der Waals surface area contributed by atoms with E-state index in [-0.39, 0.29) is 10.6 Å². The molecule has 0 bridgehead atoms. The molecule has 0 spiro atoms. The number of rotatable bonds is 7. The molecule has 0 saturated carbocycles. The number of ether oxygens (including phenoxy) is 1. The number of hydrogen-bond donors (Lipinski definition) is 1. The Kier molecular flexibility index (Phi) is 6.24. The summed E-state index contributed by atoms with van der Waals surface area (Å²) in [5.41, 5.74) is 0.823. The molecule has 18 heavy (non-hydrogen) atoms. The van der Waals surface area contributed by atoms with E-state index in [2.05, 4.69) is 28.2 Å². The molecule has 0 saturated heterocycles. The highest BCUT2D eigenvalue weighted by Gasteiger charge is 2.13. The first-order valence-corrected chi connectivity index (χ1v) is 6.46. The standard InChI is InChI=1S/C12H17BrN2O3/c1-9(8-18-2)6-14-7-10-3-4-11(13)5-12(10)15(16)17/h3-5,9,14H,6-8H2,1-2H3. The summed E-state index contributed by atoms with van der Waals surface area (Å²) < 4.78 is 5.74. The molecule has 100 valence electrons. The Labute approximate surface area is 115 Å². The van der Waals surface area contributed by atoms with Gasteiger partial charge in [-0.25, -0.2) is 0 Å². The van der Waals surface area contributed by atoms with E-state index in [4.69, 9.17) is 4.74 Å². The van der Waals surface area contributed by atoms with Gasteiger partial charge in [-0.2, -0.15) is 0 Å². The lowest BCUT2D eigenvalue weighted by Crippen LogP contribution is -2.23. The van der Waals surface area contributed by atoms with Gasteiger partial charge in [-0.05, 0) is 18.1 Å². The van der Waals surface area contributed by atoms with Gasteiger partial charge in [0, 0.05) is 42.9 Å². The molecule has 1 aromatic carbocycles. The van der Waals surface area contributed by atoms with Crippen molar-refractivity contribution in [3.05, 3.63) is 38.3 Å². The van der Waals surface area contributed by atoms with Crippen molar-refractivity contribution < 1.29 is 9.66 Å². The molecule has 5 nitrogen and oxygen atoms in total. The molecule has 0 fully saturated rings. The topological polar surface area (TPSA) is 64.4 Å². The third-order valence-electron chi connectivity index (χ3n) is 2.50. The normalized spacial score (nSPS) is 12.4. The van der Waals surface area contributed by atoms with Crippen LogP contribution in [0.1, 0.15) is 12.5 Å². The maximum Gasteiger partial charge on any atom is 0.275 e. The Morgan fingerprint density at radius 3 is 2.89 bits per heavy atom. The highest BCUT2D eigenvalue weighted by molar-refractivity contribution is 9.10. The maximum absolute atomic E-state index is 10.9. The lowest BCUT2D eigenvalue weighted by Gasteiger charge is -2.11. The molecule has 0 radical (unpaired) electrons. The van der Waals surface area contributed by atoms with Crippen molar-refractivity contribution in [3.8, 4) is 0 Å². The van der Waals surface area contributed by atoms with Crippen LogP contribution in [0.25, 0.3) is 0 Å². The summed E-state index contributed by atoms with van der Waals surface area (Å²) >= 11 is 3.24. The van der Waals surface area contributed by atoms with Crippen molar-refractivity contribution in [2.24, 2.45) is 5.92 Å². The Morgan fingerprint density at radius 1 is 1.56 bits per heavy atom. The molecular formula is C12H17BrN2O3. The highest BCUT2D eigenvalue weighted by atomic mass is 79.9. The Hall–Kier alpha value is -0.980. The molecule has 0 aromatic heterocycles. The predicted octanol–water partition coefficient (Wildman–Crippen LogP) is 2.73. The van der Waals surface area contributed by atoms with Crippen LogP contribution in [0.3, 0.4) is 0 Å². The average Bonchev–Trinajstić information content (AvgIpc) is 2.31. The fraction of sp³-hybridized carbons (Fsp3) is 0.500. The van der Waals surface area contributed by atoms with Crippen LogP contribution in [0.2, 0.25) is 0 Å². The molecule has 0 aliphatic rings. The van der Waals surface area contributed by atoms with Gasteiger partial charge in [0.2, 0.25) is 0 Å². The molecule has 1 N–H and O–H groups in total. The minimum atomic E-state index is -0.361. The molecule has 0 heterocycles. The van der Waals surface area contributed by atoms with Crippen molar-refractivity contribution >= 4 is 21.6 Å². The third kappa shape index (κ3) is 4.72. The van der Waals surface area contributed by atoms with Crippen LogP contribution < -0.4 is 5.32 Å². The van der Waals surface area contributed by atoms with Crippen molar-refractivity contribution in [2.75, 3.05) is 20.3 Å². The molecule has 1 aromatic rings. The Bertz CT molecular complexity index is 412. The van der Waals surface area contributed by atoms with Crippen LogP contribution >= 0.6 is 15.9 Å². The lowest BCUT2D eigenvalue weighted by atomic mass is 10.1. The number of nitro groups is 1. The second-order valence-corrected chi connectivity index (χ2v) is 5.14. The Morgan fingerprint density at radius 2 is 2.28 bits per heavy atom. The highest BCUT2D eigenvalue weighted by Crippen LogP contribution is 2.23. The number of nitro benzene ring substituents is 1. The summed E-state index contributed by atoms with van der Waals surface area (Å²) in [5.74, 6) is 0.379. The molecule has 0 amide bonds. The maximum atomic E-state index is 10.9. The van der Waals surface area contributed by atoms with Crippen LogP contribution in [0.4, 0.5) is 5.69 Å². The summed E-state index contributed by atoms with van der Waals surface area (Å²) in [6.07, 6.45) is 0. The summed E-state index contributed by atoms with van der Waals surface area (Å²) in [4.78, 5) is 10.5. The smallest absolute Gasteiger partial charge is 0.275 e. The summed E-state index contributed by atoms with van der Waals surface area (Å²) in [6.45, 7) is 3.99. The van der Waals surface area contributed by atoms with E-state index in [0.29, 0.717) is 29.1 Å². The van der Waals surface area contributed by atoms with E-state index in [1.165, 1.54) is 6.07 Å². The monoisotopic (exact) mass is 316 g/mol. The van der Waals surface area contributed by atoms with Crippen LogP contribution in [-0.2, 0) is 11.3 Å². The molecule has 1 unspecified atom stereocenters. The second kappa shape index (κ2) is 7.45. The third-order valence-corrected chi connectivity index (χ3v) is 3.00. The number of methoxy groups -OCH3 is 1. The molecule has 0 aliphatic heterocycles. The molecule has 1 atom stereocenters. The number of hydrogen-bond acceptors (Lipinski definition) is 4. The van der Waals surface area contributed by atoms with Crippen LogP contribution in [-0.4, -0.2) is 25.2 Å². The van der Waals surface area contributed by atoms with E-state index in [0.717, 1.165) is 6.54 Å². The summed E-state index contributed by atoms with van der Waals surface area (Å²) in [5, 5.41) is 14.1. The van der Waals surface area contributed by atoms with Gasteiger partial charge in [0.25, 0.3) is 5.69 Å². The minimum Gasteiger partial charge on any atom is -0.384 e. The van der Waals surface area contributed by atoms with Gasteiger partial charge in [0.1, 0.15) is 0 Å². The summed E-state index contributed by atoms with van der Waals surface area (Å²) in [6, 6.07) is 5.09.